The molecule has 0 unspecified atom stereocenters. The molecular weight excluding hydrogens is 617 g/mol. The van der Waals surface area contributed by atoms with Crippen LogP contribution < -0.4 is 20.9 Å². The van der Waals surface area contributed by atoms with Crippen LogP contribution in [0, 0.1) is 0 Å². The maximum atomic E-state index is 12.8. The Hall–Kier alpha value is -3.66. The lowest BCUT2D eigenvalue weighted by molar-refractivity contribution is -0.116. The highest BCUT2D eigenvalue weighted by molar-refractivity contribution is 8.76. The molecule has 4 rings (SSSR count). The molecule has 0 atom stereocenters. The van der Waals surface area contributed by atoms with Crippen molar-refractivity contribution in [3.8, 4) is 0 Å². The summed E-state index contributed by atoms with van der Waals surface area (Å²) in [6.07, 6.45) is 0.173. The number of nitrogens with two attached hydrogens (primary N) is 2. The average Bonchev–Trinajstić information content (AvgIpc) is 2.93. The molecule has 0 spiro atoms. The van der Waals surface area contributed by atoms with Crippen molar-refractivity contribution in [3.05, 3.63) is 108 Å². The topological polar surface area (TPSA) is 179 Å². The Kier molecular flexibility index (Phi) is 10.1. The summed E-state index contributed by atoms with van der Waals surface area (Å²) in [5, 5.41) is 16.3. The molecule has 0 aliphatic rings. The summed E-state index contributed by atoms with van der Waals surface area (Å²) in [6.45, 7) is 0. The lowest BCUT2D eigenvalue weighted by Crippen LogP contribution is -2.16. The van der Waals surface area contributed by atoms with Gasteiger partial charge in [-0.25, -0.2) is 27.1 Å². The highest BCUT2D eigenvalue weighted by Crippen LogP contribution is 2.45. The first-order valence-electron chi connectivity index (χ1n) is 12.2. The average molecular weight is 643 g/mol. The largest absolute Gasteiger partial charge is 0.325 e. The first-order chi connectivity index (χ1) is 19.9. The minimum atomic E-state index is -4.07. The zero-order valence-electron chi connectivity index (χ0n) is 21.9. The van der Waals surface area contributed by atoms with Crippen LogP contribution in [0.3, 0.4) is 0 Å². The highest BCUT2D eigenvalue weighted by Gasteiger charge is 2.18. The van der Waals surface area contributed by atoms with Crippen molar-refractivity contribution in [1.29, 1.82) is 0 Å². The smallest absolute Gasteiger partial charge is 0.238 e. The number of anilines is 2. The Morgan fingerprint density at radius 1 is 0.571 bits per heavy atom. The van der Waals surface area contributed by atoms with Crippen molar-refractivity contribution in [3.63, 3.8) is 0 Å². The van der Waals surface area contributed by atoms with Crippen molar-refractivity contribution in [2.45, 2.75) is 32.4 Å². The van der Waals surface area contributed by atoms with Gasteiger partial charge >= 0.3 is 0 Å². The van der Waals surface area contributed by atoms with Crippen LogP contribution in [-0.2, 0) is 42.5 Å². The zero-order valence-corrected chi connectivity index (χ0v) is 25.2. The molecule has 0 saturated heterocycles. The third-order valence-electron chi connectivity index (χ3n) is 5.75. The van der Waals surface area contributed by atoms with Crippen LogP contribution in [0.2, 0.25) is 0 Å². The number of carbonyl (C=O) groups excluding carboxylic acids is 2. The molecule has 4 aromatic rings. The fourth-order valence-corrected chi connectivity index (χ4v) is 7.29. The lowest BCUT2D eigenvalue weighted by atomic mass is 10.1. The Balaban J connectivity index is 1.62. The van der Waals surface area contributed by atoms with E-state index in [9.17, 15) is 26.4 Å². The minimum Gasteiger partial charge on any atom is -0.325 e. The second kappa shape index (κ2) is 13.5. The molecule has 0 aliphatic carbocycles. The summed E-state index contributed by atoms with van der Waals surface area (Å²) in [7, 11) is -6.06. The molecule has 0 bridgehead atoms. The van der Waals surface area contributed by atoms with Gasteiger partial charge in [0.1, 0.15) is 0 Å². The molecule has 10 nitrogen and oxygen atoms in total. The van der Waals surface area contributed by atoms with Gasteiger partial charge in [0.15, 0.2) is 0 Å². The molecule has 2 amide bonds. The van der Waals surface area contributed by atoms with Crippen LogP contribution in [0.1, 0.15) is 11.1 Å². The number of carbonyl (C=O) groups is 2. The van der Waals surface area contributed by atoms with E-state index in [0.29, 0.717) is 21.2 Å². The monoisotopic (exact) mass is 642 g/mol. The van der Waals surface area contributed by atoms with Gasteiger partial charge in [-0.1, -0.05) is 82.3 Å². The molecule has 0 heterocycles. The summed E-state index contributed by atoms with van der Waals surface area (Å²) >= 11 is 0. The van der Waals surface area contributed by atoms with E-state index < -0.39 is 20.0 Å². The number of hydrogen-bond acceptors (Lipinski definition) is 8. The molecular formula is C28H26N4O6S4. The van der Waals surface area contributed by atoms with E-state index in [1.807, 2.05) is 36.4 Å². The Morgan fingerprint density at radius 2 is 0.929 bits per heavy atom. The van der Waals surface area contributed by atoms with E-state index in [1.165, 1.54) is 36.4 Å². The quantitative estimate of drug-likeness (QED) is 0.176. The molecule has 218 valence electrons. The number of benzene rings is 4. The van der Waals surface area contributed by atoms with Crippen molar-refractivity contribution < 1.29 is 26.4 Å². The van der Waals surface area contributed by atoms with Gasteiger partial charge in [-0.3, -0.25) is 9.59 Å². The number of hydrogen-bond donors (Lipinski definition) is 4. The number of primary sulfonamides is 2. The lowest BCUT2D eigenvalue weighted by Gasteiger charge is -2.15. The van der Waals surface area contributed by atoms with E-state index in [-0.39, 0.29) is 34.4 Å². The summed E-state index contributed by atoms with van der Waals surface area (Å²) in [4.78, 5) is 25.8. The van der Waals surface area contributed by atoms with Gasteiger partial charge in [0.2, 0.25) is 31.9 Å². The molecule has 0 aromatic heterocycles. The third-order valence-corrected chi connectivity index (χ3v) is 10.0. The van der Waals surface area contributed by atoms with E-state index in [2.05, 4.69) is 10.6 Å². The van der Waals surface area contributed by atoms with Gasteiger partial charge < -0.3 is 10.6 Å². The molecule has 0 saturated carbocycles. The van der Waals surface area contributed by atoms with Crippen LogP contribution in [-0.4, -0.2) is 28.6 Å². The van der Waals surface area contributed by atoms with Gasteiger partial charge in [0.05, 0.1) is 34.0 Å². The standard InChI is InChI=1S/C28H26N4O6S4/c29-41(35,36)21-11-13-23(31-27(33)15-19-7-3-1-4-8-19)25(17-21)39-40-26-18-22(42(30,37)38)12-14-24(26)32-28(34)16-20-9-5-2-6-10-20/h1-14,17-18H,15-16H2,(H,31,33)(H,32,34)(H2,29,35,36)(H2,30,37,38). The Bertz CT molecular complexity index is 1680. The molecule has 4 aromatic carbocycles. The first-order valence-corrected chi connectivity index (χ1v) is 17.5. The van der Waals surface area contributed by atoms with E-state index >= 15 is 0 Å². The van der Waals surface area contributed by atoms with Crippen LogP contribution in [0.15, 0.2) is 117 Å². The van der Waals surface area contributed by atoms with Crippen molar-refractivity contribution in [2.24, 2.45) is 10.3 Å². The predicted octanol–water partition coefficient (Wildman–Crippen LogP) is 4.14. The van der Waals surface area contributed by atoms with Gasteiger partial charge in [0.25, 0.3) is 0 Å². The van der Waals surface area contributed by atoms with Gasteiger partial charge in [0, 0.05) is 9.79 Å². The van der Waals surface area contributed by atoms with Gasteiger partial charge in [-0.15, -0.1) is 0 Å². The van der Waals surface area contributed by atoms with Gasteiger partial charge in [-0.05, 0) is 47.5 Å². The van der Waals surface area contributed by atoms with Crippen molar-refractivity contribution in [1.82, 2.24) is 0 Å². The fraction of sp³-hybridized carbons (Fsp3) is 0.0714. The van der Waals surface area contributed by atoms with E-state index in [4.69, 9.17) is 10.3 Å². The second-order valence-electron chi connectivity index (χ2n) is 8.99. The Labute approximate surface area is 251 Å². The van der Waals surface area contributed by atoms with E-state index in [0.717, 1.165) is 32.7 Å². The zero-order chi connectivity index (χ0) is 30.3. The molecule has 0 aliphatic heterocycles. The molecule has 0 fully saturated rings. The Morgan fingerprint density at radius 3 is 1.26 bits per heavy atom. The molecule has 14 heteroatoms. The van der Waals surface area contributed by atoms with Gasteiger partial charge in [-0.2, -0.15) is 0 Å². The number of amides is 2. The molecule has 42 heavy (non-hydrogen) atoms. The van der Waals surface area contributed by atoms with Crippen molar-refractivity contribution >= 4 is 64.8 Å². The summed E-state index contributed by atoms with van der Waals surface area (Å²) in [6, 6.07) is 26.2. The second-order valence-corrected chi connectivity index (χ2v) is 14.3. The van der Waals surface area contributed by atoms with Crippen molar-refractivity contribution in [2.75, 3.05) is 10.6 Å². The van der Waals surface area contributed by atoms with Crippen LogP contribution >= 0.6 is 21.6 Å². The summed E-state index contributed by atoms with van der Waals surface area (Å²) in [5.41, 5.74) is 2.21. The fourth-order valence-electron chi connectivity index (χ4n) is 3.74. The first kappa shape index (κ1) is 31.3. The summed E-state index contributed by atoms with van der Waals surface area (Å²) in [5.74, 6) is -0.664. The number of nitrogens with one attached hydrogen (secondary N) is 2. The highest BCUT2D eigenvalue weighted by atomic mass is 33.1. The third kappa shape index (κ3) is 8.92. The summed E-state index contributed by atoms with van der Waals surface area (Å²) < 4.78 is 48.2. The number of rotatable bonds is 11. The number of sulfonamides is 2. The molecule has 6 N–H and O–H groups in total. The van der Waals surface area contributed by atoms with Crippen LogP contribution in [0.25, 0.3) is 0 Å². The SMILES string of the molecule is NS(=O)(=O)c1ccc(NC(=O)Cc2ccccc2)c(SSc2cc(S(N)(=O)=O)ccc2NC(=O)Cc2ccccc2)c1. The van der Waals surface area contributed by atoms with Crippen LogP contribution in [0.5, 0.6) is 0 Å². The maximum Gasteiger partial charge on any atom is 0.238 e. The molecule has 0 radical (unpaired) electrons. The normalized spacial score (nSPS) is 11.6. The van der Waals surface area contributed by atoms with E-state index in [1.54, 1.807) is 24.3 Å². The minimum absolute atomic E-state index is 0.0863. The maximum absolute atomic E-state index is 12.8. The predicted molar refractivity (Wildman–Crippen MR) is 165 cm³/mol. The van der Waals surface area contributed by atoms with Crippen LogP contribution in [0.4, 0.5) is 11.4 Å².